The van der Waals surface area contributed by atoms with Crippen molar-refractivity contribution in [1.82, 2.24) is 0 Å². The lowest BCUT2D eigenvalue weighted by Crippen LogP contribution is -2.64. The second kappa shape index (κ2) is 37.6. The molecule has 0 radical (unpaired) electrons. The van der Waals surface area contributed by atoms with E-state index >= 15 is 0 Å². The lowest BCUT2D eigenvalue weighted by atomic mass is 9.85. The van der Waals surface area contributed by atoms with Crippen molar-refractivity contribution in [2.24, 2.45) is 0 Å². The van der Waals surface area contributed by atoms with Gasteiger partial charge in [-0.15, -0.1) is 0 Å². The Morgan fingerprint density at radius 3 is 1.44 bits per heavy atom. The number of esters is 2. The van der Waals surface area contributed by atoms with Gasteiger partial charge in [0.25, 0.3) is 0 Å². The molecule has 13 nitrogen and oxygen atoms in total. The van der Waals surface area contributed by atoms with Crippen molar-refractivity contribution in [2.75, 3.05) is 13.2 Å². The fraction of sp³-hybridized carbons (Fsp3) is 0.708. The van der Waals surface area contributed by atoms with Gasteiger partial charge in [0.1, 0.15) is 43.2 Å². The van der Waals surface area contributed by atoms with Crippen molar-refractivity contribution in [3.05, 3.63) is 72.9 Å². The zero-order chi connectivity index (χ0) is 45.7. The number of phosphoric acid groups is 1. The van der Waals surface area contributed by atoms with Crippen molar-refractivity contribution in [1.29, 1.82) is 0 Å². The molecule has 0 saturated heterocycles. The van der Waals surface area contributed by atoms with Crippen LogP contribution < -0.4 is 0 Å². The number of aliphatic hydroxyl groups excluding tert-OH is 5. The third kappa shape index (κ3) is 29.6. The monoisotopic (exact) mass is 897 g/mol. The number of rotatable bonds is 37. The van der Waals surface area contributed by atoms with Gasteiger partial charge < -0.3 is 39.9 Å². The first-order chi connectivity index (χ1) is 29.9. The molecule has 0 aliphatic heterocycles. The maximum absolute atomic E-state index is 12.8. The summed E-state index contributed by atoms with van der Waals surface area (Å²) in [6, 6.07) is 0. The topological polar surface area (TPSA) is 210 Å². The third-order valence-electron chi connectivity index (χ3n) is 10.3. The van der Waals surface area contributed by atoms with Gasteiger partial charge in [0.05, 0.1) is 6.61 Å². The summed E-state index contributed by atoms with van der Waals surface area (Å²) in [7, 11) is -5.13. The van der Waals surface area contributed by atoms with Gasteiger partial charge in [-0.2, -0.15) is 0 Å². The highest BCUT2D eigenvalue weighted by atomic mass is 31.2. The minimum Gasteiger partial charge on any atom is -0.462 e. The molecule has 6 unspecified atom stereocenters. The molecule has 0 heterocycles. The quantitative estimate of drug-likeness (QED) is 0.0149. The van der Waals surface area contributed by atoms with Crippen LogP contribution in [0.1, 0.15) is 162 Å². The molecule has 1 aliphatic rings. The predicted octanol–water partition coefficient (Wildman–Crippen LogP) is 9.11. The van der Waals surface area contributed by atoms with E-state index < -0.39 is 75.7 Å². The Bertz CT molecular complexity index is 1360. The van der Waals surface area contributed by atoms with E-state index in [0.717, 1.165) is 89.9 Å². The van der Waals surface area contributed by atoms with Crippen molar-refractivity contribution in [3.8, 4) is 0 Å². The van der Waals surface area contributed by atoms with Crippen LogP contribution in [0.4, 0.5) is 0 Å². The highest BCUT2D eigenvalue weighted by molar-refractivity contribution is 7.47. The van der Waals surface area contributed by atoms with Crippen molar-refractivity contribution in [3.63, 3.8) is 0 Å². The SMILES string of the molecule is CC/C=C/C/C=C/C/C=C/C/C=C/C/C=C/CCCCCC(=O)OC[C@@H](COP(=O)(O)OC1C(O)C(O)C(O)[C@H](O)C1O)OC(=O)CCCCCCC/C=C/CCCCCCC. The number of carbonyl (C=O) groups excluding carboxylic acids is 2. The molecule has 1 fully saturated rings. The highest BCUT2D eigenvalue weighted by Gasteiger charge is 2.51. The van der Waals surface area contributed by atoms with Gasteiger partial charge in [-0.1, -0.05) is 138 Å². The van der Waals surface area contributed by atoms with Gasteiger partial charge in [-0.25, -0.2) is 4.57 Å². The minimum atomic E-state index is -5.13. The van der Waals surface area contributed by atoms with Crippen molar-refractivity contribution in [2.45, 2.75) is 204 Å². The van der Waals surface area contributed by atoms with Crippen LogP contribution >= 0.6 is 7.82 Å². The Hall–Kier alpha value is -2.71. The van der Waals surface area contributed by atoms with E-state index in [1.165, 1.54) is 32.1 Å². The van der Waals surface area contributed by atoms with Crippen LogP contribution in [-0.2, 0) is 32.7 Å². The second-order valence-electron chi connectivity index (χ2n) is 15.9. The molecule has 0 bridgehead atoms. The Labute approximate surface area is 372 Å². The van der Waals surface area contributed by atoms with E-state index in [2.05, 4.69) is 86.8 Å². The summed E-state index contributed by atoms with van der Waals surface area (Å²) in [4.78, 5) is 35.7. The number of phosphoric ester groups is 1. The first kappa shape index (κ1) is 57.3. The number of ether oxygens (including phenoxy) is 2. The number of carbonyl (C=O) groups is 2. The van der Waals surface area contributed by atoms with Crippen molar-refractivity contribution < 1.29 is 63.1 Å². The van der Waals surface area contributed by atoms with Crippen LogP contribution in [0.15, 0.2) is 72.9 Å². The number of allylic oxidation sites excluding steroid dienone is 12. The zero-order valence-corrected chi connectivity index (χ0v) is 38.5. The first-order valence-corrected chi connectivity index (χ1v) is 24.7. The molecule has 0 aromatic rings. The summed E-state index contributed by atoms with van der Waals surface area (Å²) < 4.78 is 33.5. The van der Waals surface area contributed by atoms with E-state index in [0.29, 0.717) is 12.8 Å². The normalized spacial score (nSPS) is 22.5. The largest absolute Gasteiger partial charge is 0.472 e. The predicted molar refractivity (Wildman–Crippen MR) is 244 cm³/mol. The zero-order valence-electron chi connectivity index (χ0n) is 37.6. The van der Waals surface area contributed by atoms with Crippen LogP contribution in [0.2, 0.25) is 0 Å². The summed E-state index contributed by atoms with van der Waals surface area (Å²) >= 11 is 0. The van der Waals surface area contributed by atoms with Gasteiger partial charge in [-0.05, 0) is 83.5 Å². The van der Waals surface area contributed by atoms with Crippen molar-refractivity contribution >= 4 is 19.8 Å². The first-order valence-electron chi connectivity index (χ1n) is 23.2. The molecular weight excluding hydrogens is 815 g/mol. The average molecular weight is 897 g/mol. The summed E-state index contributed by atoms with van der Waals surface area (Å²) in [6.45, 7) is 3.13. The molecule has 1 saturated carbocycles. The fourth-order valence-electron chi connectivity index (χ4n) is 6.54. The summed E-state index contributed by atoms with van der Waals surface area (Å²) in [5.74, 6) is -1.15. The molecule has 1 aliphatic carbocycles. The van der Waals surface area contributed by atoms with E-state index in [9.17, 15) is 44.6 Å². The molecule has 356 valence electrons. The molecule has 6 N–H and O–H groups in total. The fourth-order valence-corrected chi connectivity index (χ4v) is 7.51. The van der Waals surface area contributed by atoms with E-state index in [-0.39, 0.29) is 12.8 Å². The summed E-state index contributed by atoms with van der Waals surface area (Å²) in [6.07, 6.45) is 33.8. The standard InChI is InChI=1S/C48H81O13P/c1-3-5-7-9-11-13-15-17-19-20-21-22-23-25-26-28-30-32-34-36-41(49)58-38-40(39-59-62(56,57)61-48-46(54)44(52)43(51)45(53)47(48)55)60-42(50)37-35-33-31-29-27-24-18-16-14-12-10-8-6-4-2/h5,7,11,13,16-19,21-22,25-26,40,43-48,51-55H,3-4,6,8-10,12,14-15,20,23-24,27-39H2,1-2H3,(H,56,57)/b7-5+,13-11+,18-16+,19-17+,22-21+,26-25+/t40-,43?,44-,45?,46?,47?,48?/m0/s1. The molecule has 0 amide bonds. The molecule has 14 heteroatoms. The average Bonchev–Trinajstić information content (AvgIpc) is 3.25. The third-order valence-corrected chi connectivity index (χ3v) is 11.3. The Morgan fingerprint density at radius 1 is 0.516 bits per heavy atom. The summed E-state index contributed by atoms with van der Waals surface area (Å²) in [5.41, 5.74) is 0. The number of hydrogen-bond donors (Lipinski definition) is 6. The Morgan fingerprint density at radius 2 is 0.919 bits per heavy atom. The van der Waals surface area contributed by atoms with Crippen LogP contribution in [-0.4, -0.2) is 98.3 Å². The maximum atomic E-state index is 12.8. The second-order valence-corrected chi connectivity index (χ2v) is 17.3. The number of aliphatic hydroxyl groups is 5. The molecule has 0 aromatic carbocycles. The molecular formula is C48H81O13P. The van der Waals surface area contributed by atoms with E-state index in [4.69, 9.17) is 18.5 Å². The summed E-state index contributed by atoms with van der Waals surface area (Å²) in [5, 5.41) is 50.1. The molecule has 0 aromatic heterocycles. The van der Waals surface area contributed by atoms with Gasteiger partial charge >= 0.3 is 19.8 Å². The van der Waals surface area contributed by atoms with E-state index in [1.54, 1.807) is 0 Å². The van der Waals surface area contributed by atoms with Gasteiger partial charge in [-0.3, -0.25) is 18.6 Å². The minimum absolute atomic E-state index is 0.0755. The lowest BCUT2D eigenvalue weighted by molar-refractivity contribution is -0.220. The van der Waals surface area contributed by atoms with Crippen LogP contribution in [0, 0.1) is 0 Å². The number of unbranched alkanes of at least 4 members (excludes halogenated alkanes) is 13. The lowest BCUT2D eigenvalue weighted by Gasteiger charge is -2.41. The van der Waals surface area contributed by atoms with Crippen LogP contribution in [0.3, 0.4) is 0 Å². The highest BCUT2D eigenvalue weighted by Crippen LogP contribution is 2.47. The molecule has 0 spiro atoms. The molecule has 8 atom stereocenters. The van der Waals surface area contributed by atoms with Gasteiger partial charge in [0.2, 0.25) is 0 Å². The van der Waals surface area contributed by atoms with E-state index in [1.807, 2.05) is 0 Å². The maximum Gasteiger partial charge on any atom is 0.472 e. The van der Waals surface area contributed by atoms with Gasteiger partial charge in [0.15, 0.2) is 6.10 Å². The van der Waals surface area contributed by atoms with Crippen LogP contribution in [0.25, 0.3) is 0 Å². The molecule has 62 heavy (non-hydrogen) atoms. The molecule has 1 rings (SSSR count). The smallest absolute Gasteiger partial charge is 0.462 e. The number of hydrogen-bond acceptors (Lipinski definition) is 12. The van der Waals surface area contributed by atoms with Crippen LogP contribution in [0.5, 0.6) is 0 Å². The Balaban J connectivity index is 2.49. The Kier molecular flexibility index (Phi) is 34.8. The van der Waals surface area contributed by atoms with Gasteiger partial charge in [0, 0.05) is 12.8 Å².